The number of aliphatic hydroxyl groups is 6. The molecule has 13 unspecified atom stereocenters. The minimum atomic E-state index is -1.54. The van der Waals surface area contributed by atoms with Gasteiger partial charge >= 0.3 is 5.63 Å². The van der Waals surface area contributed by atoms with Crippen LogP contribution >= 0.6 is 0 Å². The molecular weight excluding hydrogens is 520 g/mol. The molecule has 5 aliphatic rings. The van der Waals surface area contributed by atoms with Gasteiger partial charge in [-0.3, -0.25) is 0 Å². The molecule has 1 aromatic heterocycles. The van der Waals surface area contributed by atoms with Crippen LogP contribution in [0.5, 0.6) is 0 Å². The van der Waals surface area contributed by atoms with E-state index in [4.69, 9.17) is 13.9 Å². The molecule has 10 nitrogen and oxygen atoms in total. The average Bonchev–Trinajstić information content (AvgIpc) is 3.21. The Labute approximate surface area is 233 Å². The van der Waals surface area contributed by atoms with E-state index in [0.29, 0.717) is 44.9 Å². The Morgan fingerprint density at radius 2 is 1.73 bits per heavy atom. The van der Waals surface area contributed by atoms with E-state index < -0.39 is 76.5 Å². The number of hydrogen-bond acceptors (Lipinski definition) is 10. The van der Waals surface area contributed by atoms with Crippen molar-refractivity contribution in [3.05, 3.63) is 46.0 Å². The van der Waals surface area contributed by atoms with Crippen LogP contribution in [0.1, 0.15) is 77.2 Å². The number of rotatable bonds is 3. The third-order valence-corrected chi connectivity index (χ3v) is 11.7. The van der Waals surface area contributed by atoms with Gasteiger partial charge in [0, 0.05) is 17.4 Å². The quantitative estimate of drug-likeness (QED) is 0.293. The highest BCUT2D eigenvalue weighted by atomic mass is 16.7. The predicted octanol–water partition coefficient (Wildman–Crippen LogP) is 1.10. The summed E-state index contributed by atoms with van der Waals surface area (Å²) in [6.45, 7) is 5.56. The molecule has 1 saturated heterocycles. The van der Waals surface area contributed by atoms with E-state index in [1.165, 1.54) is 12.3 Å². The lowest BCUT2D eigenvalue weighted by molar-refractivity contribution is -0.307. The maximum atomic E-state index is 12.5. The van der Waals surface area contributed by atoms with E-state index in [1.807, 2.05) is 13.0 Å². The largest absolute Gasteiger partial charge is 0.431 e. The maximum Gasteiger partial charge on any atom is 0.335 e. The summed E-state index contributed by atoms with van der Waals surface area (Å²) in [6, 6.07) is 3.04. The third-order valence-electron chi connectivity index (χ3n) is 11.7. The van der Waals surface area contributed by atoms with Gasteiger partial charge in [-0.25, -0.2) is 4.79 Å². The van der Waals surface area contributed by atoms with Crippen molar-refractivity contribution in [2.75, 3.05) is 0 Å². The summed E-state index contributed by atoms with van der Waals surface area (Å²) in [5.74, 6) is -0.677. The zero-order valence-electron chi connectivity index (χ0n) is 23.3. The van der Waals surface area contributed by atoms with Crippen LogP contribution in [0, 0.1) is 16.7 Å². The molecule has 1 aromatic rings. The van der Waals surface area contributed by atoms with Crippen LogP contribution in [-0.4, -0.2) is 84.8 Å². The lowest BCUT2D eigenvalue weighted by Gasteiger charge is -2.67. The molecule has 1 aliphatic heterocycles. The summed E-state index contributed by atoms with van der Waals surface area (Å²) in [6.07, 6.45) is -0.392. The lowest BCUT2D eigenvalue weighted by Crippen LogP contribution is -2.75. The zero-order chi connectivity index (χ0) is 28.8. The maximum absolute atomic E-state index is 12.5. The van der Waals surface area contributed by atoms with E-state index in [9.17, 15) is 35.4 Å². The van der Waals surface area contributed by atoms with E-state index in [2.05, 4.69) is 6.92 Å². The van der Waals surface area contributed by atoms with Gasteiger partial charge in [0.05, 0.1) is 30.2 Å². The summed E-state index contributed by atoms with van der Waals surface area (Å²) >= 11 is 0. The molecule has 0 spiro atoms. The van der Waals surface area contributed by atoms with Crippen LogP contribution in [0.4, 0.5) is 0 Å². The fourth-order valence-electron chi connectivity index (χ4n) is 9.20. The highest BCUT2D eigenvalue weighted by molar-refractivity contribution is 5.36. The molecule has 0 bridgehead atoms. The monoisotopic (exact) mass is 562 g/mol. The van der Waals surface area contributed by atoms with Crippen molar-refractivity contribution in [1.82, 2.24) is 0 Å². The Hall–Kier alpha value is -1.63. The van der Waals surface area contributed by atoms with Crippen molar-refractivity contribution in [2.45, 2.75) is 126 Å². The van der Waals surface area contributed by atoms with E-state index in [1.54, 1.807) is 13.0 Å². The van der Waals surface area contributed by atoms with Crippen LogP contribution < -0.4 is 5.63 Å². The first kappa shape index (κ1) is 28.5. The summed E-state index contributed by atoms with van der Waals surface area (Å²) < 4.78 is 16.8. The highest BCUT2D eigenvalue weighted by Crippen LogP contribution is 2.71. The van der Waals surface area contributed by atoms with Crippen LogP contribution in [0.2, 0.25) is 0 Å². The Morgan fingerprint density at radius 1 is 0.975 bits per heavy atom. The molecular formula is C30H42O10. The number of allylic oxidation sites excluding steroid dienone is 1. The molecule has 3 saturated carbocycles. The van der Waals surface area contributed by atoms with Crippen molar-refractivity contribution in [3.63, 3.8) is 0 Å². The van der Waals surface area contributed by atoms with Crippen LogP contribution in [-0.2, 0) is 9.47 Å². The SMILES string of the molecule is CC1OC(OC2C=C3CCC4(O)C(CC(O)C5(C)C(c6ccc(=O)oc6)CCC45O)C3(C)CC2)C(O)C(O)C1O. The number of hydrogen-bond donors (Lipinski definition) is 6. The van der Waals surface area contributed by atoms with Gasteiger partial charge in [-0.05, 0) is 74.8 Å². The van der Waals surface area contributed by atoms with Gasteiger partial charge in [-0.2, -0.15) is 0 Å². The fraction of sp³-hybridized carbons (Fsp3) is 0.767. The molecule has 222 valence electrons. The molecule has 6 rings (SSSR count). The van der Waals surface area contributed by atoms with Crippen molar-refractivity contribution in [3.8, 4) is 0 Å². The number of aliphatic hydroxyl groups excluding tert-OH is 4. The normalized spacial score (nSPS) is 52.3. The van der Waals surface area contributed by atoms with Gasteiger partial charge < -0.3 is 44.5 Å². The minimum absolute atomic E-state index is 0.283. The second-order valence-corrected chi connectivity index (χ2v) is 13.4. The minimum Gasteiger partial charge on any atom is -0.431 e. The molecule has 0 amide bonds. The summed E-state index contributed by atoms with van der Waals surface area (Å²) in [7, 11) is 0. The van der Waals surface area contributed by atoms with Gasteiger partial charge in [0.2, 0.25) is 0 Å². The molecule has 0 aromatic carbocycles. The van der Waals surface area contributed by atoms with Gasteiger partial charge in [0.25, 0.3) is 0 Å². The molecule has 2 heterocycles. The Morgan fingerprint density at radius 3 is 2.42 bits per heavy atom. The summed E-state index contributed by atoms with van der Waals surface area (Å²) in [4.78, 5) is 11.6. The van der Waals surface area contributed by atoms with Gasteiger partial charge in [0.1, 0.15) is 23.9 Å². The van der Waals surface area contributed by atoms with Gasteiger partial charge in [-0.15, -0.1) is 0 Å². The Kier molecular flexibility index (Phi) is 6.72. The molecule has 13 atom stereocenters. The molecule has 40 heavy (non-hydrogen) atoms. The van der Waals surface area contributed by atoms with Crippen LogP contribution in [0.3, 0.4) is 0 Å². The number of ether oxygens (including phenoxy) is 2. The second-order valence-electron chi connectivity index (χ2n) is 13.4. The van der Waals surface area contributed by atoms with E-state index >= 15 is 0 Å². The fourth-order valence-corrected chi connectivity index (χ4v) is 9.20. The Bertz CT molecular complexity index is 1210. The first-order valence-corrected chi connectivity index (χ1v) is 14.5. The molecule has 0 radical (unpaired) electrons. The topological polar surface area (TPSA) is 170 Å². The zero-order valence-corrected chi connectivity index (χ0v) is 23.3. The molecule has 4 aliphatic carbocycles. The van der Waals surface area contributed by atoms with E-state index in [0.717, 1.165) is 11.1 Å². The van der Waals surface area contributed by atoms with Crippen molar-refractivity contribution in [1.29, 1.82) is 0 Å². The van der Waals surface area contributed by atoms with Gasteiger partial charge in [0.15, 0.2) is 6.29 Å². The first-order valence-electron chi connectivity index (χ1n) is 14.5. The van der Waals surface area contributed by atoms with Gasteiger partial charge in [-0.1, -0.05) is 25.5 Å². The third kappa shape index (κ3) is 3.74. The standard InChI is InChI=1S/C30H42O10/c1-15-23(33)24(34)25(35)26(39-15)40-18-7-9-27(2)17(12-18)6-10-29(36)20(27)13-21(31)28(3)19(8-11-30(28,29)37)16-4-5-22(32)38-14-16/h4-5,12,14-15,18-21,23-26,31,33-37H,6-11,13H2,1-3H3. The Balaban J connectivity index is 1.27. The van der Waals surface area contributed by atoms with Crippen molar-refractivity contribution < 1.29 is 44.5 Å². The smallest absolute Gasteiger partial charge is 0.335 e. The molecule has 10 heteroatoms. The van der Waals surface area contributed by atoms with Crippen LogP contribution in [0.25, 0.3) is 0 Å². The average molecular weight is 563 g/mol. The van der Waals surface area contributed by atoms with Crippen LogP contribution in [0.15, 0.2) is 39.3 Å². The summed E-state index contributed by atoms with van der Waals surface area (Å²) in [5.41, 5.74) is -3.14. The summed E-state index contributed by atoms with van der Waals surface area (Å²) in [5, 5.41) is 67.2. The predicted molar refractivity (Wildman–Crippen MR) is 141 cm³/mol. The second kappa shape index (κ2) is 9.44. The van der Waals surface area contributed by atoms with E-state index in [-0.39, 0.29) is 5.92 Å². The lowest BCUT2D eigenvalue weighted by atomic mass is 9.42. The van der Waals surface area contributed by atoms with Crippen molar-refractivity contribution >= 4 is 0 Å². The molecule has 4 fully saturated rings. The first-order chi connectivity index (χ1) is 18.8. The number of fused-ring (bicyclic) bond motifs is 5. The molecule has 6 N–H and O–H groups in total. The van der Waals surface area contributed by atoms with Crippen molar-refractivity contribution in [2.24, 2.45) is 16.7 Å². The highest BCUT2D eigenvalue weighted by Gasteiger charge is 2.76.